The molecule has 1 aromatic heterocycles. The van der Waals surface area contributed by atoms with E-state index < -0.39 is 37.6 Å². The number of hydrogen-bond acceptors (Lipinski definition) is 6. The molecule has 0 aromatic carbocycles. The molecule has 0 aliphatic carbocycles. The molecule has 0 aliphatic heterocycles. The molecule has 0 aliphatic rings. The molecular formula is C10H15NO7S2. The fourth-order valence-electron chi connectivity index (χ4n) is 1.65. The molecule has 8 nitrogen and oxygen atoms in total. The summed E-state index contributed by atoms with van der Waals surface area (Å²) in [6.07, 6.45) is 0.990. The van der Waals surface area contributed by atoms with Gasteiger partial charge in [0.15, 0.2) is 0 Å². The molecule has 0 amide bonds. The highest BCUT2D eigenvalue weighted by molar-refractivity contribution is 7.91. The zero-order chi connectivity index (χ0) is 15.7. The first kappa shape index (κ1) is 16.7. The number of carboxylic acids is 1. The lowest BCUT2D eigenvalue weighted by atomic mass is 10.4. The van der Waals surface area contributed by atoms with Crippen LogP contribution in [-0.2, 0) is 19.9 Å². The Labute approximate surface area is 116 Å². The zero-order valence-corrected chi connectivity index (χ0v) is 12.7. The Hall–Kier alpha value is -1.39. The van der Waals surface area contributed by atoms with E-state index in [1.807, 2.05) is 0 Å². The molecule has 0 bridgehead atoms. The number of carboxylic acid groups (broad SMARTS) is 1. The van der Waals surface area contributed by atoms with Gasteiger partial charge in [0, 0.05) is 18.4 Å². The van der Waals surface area contributed by atoms with Crippen molar-refractivity contribution in [2.24, 2.45) is 0 Å². The summed E-state index contributed by atoms with van der Waals surface area (Å²) in [6, 6.07) is 0.0326. The topological polar surface area (TPSA) is 131 Å². The predicted octanol–water partition coefficient (Wildman–Crippen LogP) is -0.00238. The Morgan fingerprint density at radius 2 is 1.95 bits per heavy atom. The lowest BCUT2D eigenvalue weighted by Gasteiger charge is -2.12. The van der Waals surface area contributed by atoms with Gasteiger partial charge in [-0.25, -0.2) is 26.4 Å². The third-order valence-electron chi connectivity index (χ3n) is 2.28. The van der Waals surface area contributed by atoms with E-state index in [0.29, 0.717) is 0 Å². The van der Waals surface area contributed by atoms with Crippen LogP contribution in [0.25, 0.3) is 0 Å². The molecule has 20 heavy (non-hydrogen) atoms. The zero-order valence-electron chi connectivity index (χ0n) is 11.1. The van der Waals surface area contributed by atoms with Gasteiger partial charge in [-0.3, -0.25) is 0 Å². The molecule has 1 aromatic rings. The number of rotatable bonds is 6. The van der Waals surface area contributed by atoms with Gasteiger partial charge in [-0.2, -0.15) is 0 Å². The molecular weight excluding hydrogens is 310 g/mol. The van der Waals surface area contributed by atoms with Gasteiger partial charge in [0.1, 0.15) is 20.5 Å². The van der Waals surface area contributed by atoms with Crippen molar-refractivity contribution in [3.05, 3.63) is 17.6 Å². The summed E-state index contributed by atoms with van der Waals surface area (Å²) in [4.78, 5) is 10.4. The van der Waals surface area contributed by atoms with Crippen LogP contribution in [0.15, 0.2) is 15.4 Å². The van der Waals surface area contributed by atoms with E-state index in [4.69, 9.17) is 9.52 Å². The number of sulfone groups is 1. The van der Waals surface area contributed by atoms with Crippen LogP contribution in [0.5, 0.6) is 0 Å². The molecule has 1 atom stereocenters. The summed E-state index contributed by atoms with van der Waals surface area (Å²) in [5, 5.41) is 8.73. The molecule has 10 heteroatoms. The minimum atomic E-state index is -4.05. The third-order valence-corrected chi connectivity index (χ3v) is 5.08. The Kier molecular flexibility index (Phi) is 4.62. The van der Waals surface area contributed by atoms with E-state index in [0.717, 1.165) is 12.3 Å². The average molecular weight is 325 g/mol. The number of aromatic carboxylic acids is 1. The van der Waals surface area contributed by atoms with Crippen molar-refractivity contribution in [3.63, 3.8) is 0 Å². The highest BCUT2D eigenvalue weighted by Gasteiger charge is 2.26. The van der Waals surface area contributed by atoms with Gasteiger partial charge in [0.05, 0.1) is 5.75 Å². The minimum absolute atomic E-state index is 0.0820. The molecule has 2 N–H and O–H groups in total. The van der Waals surface area contributed by atoms with E-state index in [1.165, 1.54) is 13.8 Å². The summed E-state index contributed by atoms with van der Waals surface area (Å²) >= 11 is 0. The SMILES string of the molecule is Cc1oc(C(=O)O)cc1S(=O)(=O)NC(C)CS(C)(=O)=O. The van der Waals surface area contributed by atoms with E-state index in [1.54, 1.807) is 0 Å². The van der Waals surface area contributed by atoms with Crippen LogP contribution in [0, 0.1) is 6.92 Å². The first-order valence-corrected chi connectivity index (χ1v) is 9.00. The lowest BCUT2D eigenvalue weighted by molar-refractivity contribution is 0.0661. The maximum absolute atomic E-state index is 12.0. The number of carbonyl (C=O) groups is 1. The second-order valence-corrected chi connectivity index (χ2v) is 8.32. The number of sulfonamides is 1. The first-order chi connectivity index (χ1) is 8.92. The van der Waals surface area contributed by atoms with Crippen molar-refractivity contribution < 1.29 is 31.2 Å². The van der Waals surface area contributed by atoms with Gasteiger partial charge in [0.25, 0.3) is 0 Å². The number of hydrogen-bond donors (Lipinski definition) is 2. The van der Waals surface area contributed by atoms with Crippen LogP contribution < -0.4 is 4.72 Å². The van der Waals surface area contributed by atoms with E-state index in [9.17, 15) is 21.6 Å². The Morgan fingerprint density at radius 3 is 2.35 bits per heavy atom. The lowest BCUT2D eigenvalue weighted by Crippen LogP contribution is -2.37. The largest absolute Gasteiger partial charge is 0.475 e. The third kappa shape index (κ3) is 4.32. The van der Waals surface area contributed by atoms with Crippen LogP contribution in [0.3, 0.4) is 0 Å². The molecule has 0 radical (unpaired) electrons. The van der Waals surface area contributed by atoms with Gasteiger partial charge in [-0.1, -0.05) is 0 Å². The maximum atomic E-state index is 12.0. The van der Waals surface area contributed by atoms with Gasteiger partial charge in [-0.05, 0) is 13.8 Å². The highest BCUT2D eigenvalue weighted by atomic mass is 32.2. The quantitative estimate of drug-likeness (QED) is 0.752. The van der Waals surface area contributed by atoms with Crippen LogP contribution in [-0.4, -0.2) is 46.0 Å². The number of aryl methyl sites for hydroxylation is 1. The van der Waals surface area contributed by atoms with Crippen LogP contribution in [0.2, 0.25) is 0 Å². The molecule has 0 saturated heterocycles. The smallest absolute Gasteiger partial charge is 0.371 e. The first-order valence-electron chi connectivity index (χ1n) is 5.46. The molecule has 1 rings (SSSR count). The monoisotopic (exact) mass is 325 g/mol. The molecule has 1 heterocycles. The molecule has 0 spiro atoms. The molecule has 0 saturated carbocycles. The second-order valence-electron chi connectivity index (χ2n) is 4.45. The Balaban J connectivity index is 3.03. The van der Waals surface area contributed by atoms with Gasteiger partial charge >= 0.3 is 5.97 Å². The summed E-state index contributed by atoms with van der Waals surface area (Å²) in [7, 11) is -7.39. The van der Waals surface area contributed by atoms with E-state index in [2.05, 4.69) is 4.72 Å². The average Bonchev–Trinajstić information content (AvgIpc) is 2.56. The molecule has 1 unspecified atom stereocenters. The number of nitrogens with one attached hydrogen (secondary N) is 1. The fraction of sp³-hybridized carbons (Fsp3) is 0.500. The van der Waals surface area contributed by atoms with Gasteiger partial charge < -0.3 is 9.52 Å². The molecule has 0 fully saturated rings. The Morgan fingerprint density at radius 1 is 1.40 bits per heavy atom. The van der Waals surface area contributed by atoms with Crippen LogP contribution in [0.1, 0.15) is 23.2 Å². The van der Waals surface area contributed by atoms with Crippen molar-refractivity contribution in [2.75, 3.05) is 12.0 Å². The van der Waals surface area contributed by atoms with Crippen molar-refractivity contribution in [1.82, 2.24) is 4.72 Å². The standard InChI is InChI=1S/C10H15NO7S2/c1-6(5-19(3,14)15)11-20(16,17)9-4-8(10(12)13)18-7(9)2/h4,6,11H,5H2,1-3H3,(H,12,13). The van der Waals surface area contributed by atoms with E-state index in [-0.39, 0.29) is 16.4 Å². The minimum Gasteiger partial charge on any atom is -0.475 e. The van der Waals surface area contributed by atoms with Crippen LogP contribution >= 0.6 is 0 Å². The summed E-state index contributed by atoms with van der Waals surface area (Å²) in [5.74, 6) is -2.34. The summed E-state index contributed by atoms with van der Waals surface area (Å²) in [6.45, 7) is 2.70. The van der Waals surface area contributed by atoms with Gasteiger partial charge in [-0.15, -0.1) is 0 Å². The van der Waals surface area contributed by atoms with Crippen molar-refractivity contribution in [1.29, 1.82) is 0 Å². The Bertz CT molecular complexity index is 715. The van der Waals surface area contributed by atoms with Crippen molar-refractivity contribution in [2.45, 2.75) is 24.8 Å². The van der Waals surface area contributed by atoms with Gasteiger partial charge in [0.2, 0.25) is 15.8 Å². The molecule has 114 valence electrons. The van der Waals surface area contributed by atoms with Crippen molar-refractivity contribution >= 4 is 25.8 Å². The highest BCUT2D eigenvalue weighted by Crippen LogP contribution is 2.20. The maximum Gasteiger partial charge on any atom is 0.371 e. The summed E-state index contributed by atoms with van der Waals surface area (Å²) in [5.41, 5.74) is 0. The second kappa shape index (κ2) is 5.54. The normalized spacial score (nSPS) is 14.2. The van der Waals surface area contributed by atoms with Crippen molar-refractivity contribution in [3.8, 4) is 0 Å². The number of furan rings is 1. The fourth-order valence-corrected chi connectivity index (χ4v) is 4.17. The van der Waals surface area contributed by atoms with E-state index >= 15 is 0 Å². The predicted molar refractivity (Wildman–Crippen MR) is 69.9 cm³/mol. The van der Waals surface area contributed by atoms with Crippen LogP contribution in [0.4, 0.5) is 0 Å². The summed E-state index contributed by atoms with van der Waals surface area (Å²) < 4.78 is 53.2.